The molecule has 0 saturated heterocycles. The van der Waals surface area contributed by atoms with Gasteiger partial charge < -0.3 is 25.3 Å². The van der Waals surface area contributed by atoms with Crippen LogP contribution in [0, 0.1) is 0 Å². The van der Waals surface area contributed by atoms with Crippen molar-refractivity contribution < 1.29 is 25.3 Å². The van der Waals surface area contributed by atoms with Crippen LogP contribution in [0.4, 0.5) is 0 Å². The smallest absolute Gasteiger partial charge is 0.545 e. The molecule has 0 aromatic heterocycles. The summed E-state index contributed by atoms with van der Waals surface area (Å²) in [4.78, 5) is 20.6. The molecule has 0 radical (unpaired) electrons. The van der Waals surface area contributed by atoms with Gasteiger partial charge in [-0.25, -0.2) is 0 Å². The van der Waals surface area contributed by atoms with E-state index in [4.69, 9.17) is 0 Å². The fraction of sp³-hybridized carbons (Fsp3) is 0. The van der Waals surface area contributed by atoms with Gasteiger partial charge in [-0.15, -0.1) is 0 Å². The maximum atomic E-state index is 10.3. The molecule has 0 saturated carbocycles. The quantitative estimate of drug-likeness (QED) is 0.503. The molecule has 14 heavy (non-hydrogen) atoms. The first kappa shape index (κ1) is 15.8. The molecule has 1 rings (SSSR count). The summed E-state index contributed by atoms with van der Waals surface area (Å²) in [5.41, 5.74) is -0.727. The van der Waals surface area contributed by atoms with Crippen molar-refractivity contribution in [2.24, 2.45) is 0 Å². The minimum Gasteiger partial charge on any atom is -0.545 e. The van der Waals surface area contributed by atoms with Gasteiger partial charge in [-0.05, 0) is 0 Å². The van der Waals surface area contributed by atoms with Crippen LogP contribution < -0.4 is 10.2 Å². The summed E-state index contributed by atoms with van der Waals surface area (Å²) < 4.78 is 0. The summed E-state index contributed by atoms with van der Waals surface area (Å²) in [6.45, 7) is 0. The van der Waals surface area contributed by atoms with Gasteiger partial charge in [-0.1, -0.05) is 24.3 Å². The molecule has 70 valence electrons. The van der Waals surface area contributed by atoms with Gasteiger partial charge in [0.1, 0.15) is 0 Å². The van der Waals surface area contributed by atoms with E-state index in [0.29, 0.717) is 0 Å². The summed E-state index contributed by atoms with van der Waals surface area (Å²) in [7, 11) is 0. The Balaban J connectivity index is 0. The maximum Gasteiger partial charge on any atom is 2.00 e. The number of benzene rings is 1. The summed E-state index contributed by atoms with van der Waals surface area (Å²) >= 11 is 0. The fourth-order valence-electron chi connectivity index (χ4n) is 0.839. The van der Waals surface area contributed by atoms with Crippen LogP contribution in [0.15, 0.2) is 24.3 Å². The van der Waals surface area contributed by atoms with E-state index in [0.717, 1.165) is 12.1 Å². The average molecular weight is 222 g/mol. The van der Waals surface area contributed by atoms with Crippen molar-refractivity contribution in [3.63, 3.8) is 0 Å². The fourth-order valence-corrected chi connectivity index (χ4v) is 0.839. The van der Waals surface area contributed by atoms with Gasteiger partial charge in [0.25, 0.3) is 0 Å². The Morgan fingerprint density at radius 3 is 1.43 bits per heavy atom. The van der Waals surface area contributed by atoms with Gasteiger partial charge in [0.15, 0.2) is 0 Å². The predicted octanol–water partition coefficient (Wildman–Crippen LogP) is -2.79. The minimum atomic E-state index is -1.52. The van der Waals surface area contributed by atoms with Crippen molar-refractivity contribution in [1.82, 2.24) is 0 Å². The zero-order chi connectivity index (χ0) is 9.14. The predicted molar refractivity (Wildman–Crippen MR) is 44.5 cm³/mol. The zero-order valence-electron chi connectivity index (χ0n) is 7.15. The number of carboxylic acids is 2. The third-order valence-corrected chi connectivity index (χ3v) is 1.37. The third-order valence-electron chi connectivity index (χ3n) is 1.37. The summed E-state index contributed by atoms with van der Waals surface area (Å²) in [6.07, 6.45) is 0. The van der Waals surface area contributed by atoms with E-state index in [2.05, 4.69) is 0 Å². The van der Waals surface area contributed by atoms with Crippen molar-refractivity contribution >= 4 is 49.7 Å². The number of carbonyl (C=O) groups excluding carboxylic acids is 2. The second kappa shape index (κ2) is 6.78. The second-order valence-corrected chi connectivity index (χ2v) is 2.12. The van der Waals surface area contributed by atoms with Crippen molar-refractivity contribution in [3.05, 3.63) is 35.4 Å². The summed E-state index contributed by atoms with van der Waals surface area (Å²) in [6, 6.07) is 5.14. The van der Waals surface area contributed by atoms with Gasteiger partial charge >= 0.3 is 37.7 Å². The number of carboxylic acid groups (broad SMARTS) is 2. The molecular formula is C8H6CaO5. The van der Waals surface area contributed by atoms with E-state index in [9.17, 15) is 19.8 Å². The first-order chi connectivity index (χ1) is 5.63. The molecule has 0 unspecified atom stereocenters. The normalized spacial score (nSPS) is 8.00. The third kappa shape index (κ3) is 3.63. The van der Waals surface area contributed by atoms with Crippen molar-refractivity contribution in [3.8, 4) is 0 Å². The molecule has 0 aliphatic rings. The van der Waals surface area contributed by atoms with Crippen molar-refractivity contribution in [2.45, 2.75) is 0 Å². The van der Waals surface area contributed by atoms with E-state index >= 15 is 0 Å². The molecule has 0 amide bonds. The molecule has 0 bridgehead atoms. The second-order valence-electron chi connectivity index (χ2n) is 2.12. The Kier molecular flexibility index (Phi) is 7.67. The van der Waals surface area contributed by atoms with Crippen LogP contribution in [0.1, 0.15) is 20.7 Å². The van der Waals surface area contributed by atoms with Gasteiger partial charge in [-0.2, -0.15) is 0 Å². The van der Waals surface area contributed by atoms with E-state index in [1.807, 2.05) is 0 Å². The van der Waals surface area contributed by atoms with Crippen LogP contribution in [-0.2, 0) is 0 Å². The Morgan fingerprint density at radius 1 is 0.929 bits per heavy atom. The molecule has 0 fully saturated rings. The molecule has 1 aromatic rings. The molecule has 5 nitrogen and oxygen atoms in total. The Labute approximate surface area is 110 Å². The standard InChI is InChI=1S/C8H6O4.Ca.H2O/c9-7(10)5-3-1-2-4-6(5)8(11)12;;/h1-4H,(H,9,10)(H,11,12);;1H2/q;+2;/p-2. The molecule has 0 aliphatic heterocycles. The summed E-state index contributed by atoms with van der Waals surface area (Å²) in [5, 5.41) is 20.6. The van der Waals surface area contributed by atoms with Crippen LogP contribution >= 0.6 is 0 Å². The molecule has 0 heterocycles. The topological polar surface area (TPSA) is 112 Å². The molecule has 0 atom stereocenters. The van der Waals surface area contributed by atoms with E-state index in [1.54, 1.807) is 0 Å². The molecule has 2 N–H and O–H groups in total. The summed E-state index contributed by atoms with van der Waals surface area (Å²) in [5.74, 6) is -3.04. The van der Waals surface area contributed by atoms with Crippen LogP contribution in [0.3, 0.4) is 0 Å². The van der Waals surface area contributed by atoms with Gasteiger partial charge in [0, 0.05) is 11.1 Å². The number of hydrogen-bond acceptors (Lipinski definition) is 4. The number of aromatic carboxylic acids is 2. The Hall–Kier alpha value is -0.620. The number of hydrogen-bond donors (Lipinski definition) is 0. The van der Waals surface area contributed by atoms with Crippen molar-refractivity contribution in [2.75, 3.05) is 0 Å². The van der Waals surface area contributed by atoms with Crippen LogP contribution in [0.5, 0.6) is 0 Å². The van der Waals surface area contributed by atoms with Gasteiger partial charge in [0.05, 0.1) is 11.9 Å². The van der Waals surface area contributed by atoms with Gasteiger partial charge in [-0.3, -0.25) is 0 Å². The largest absolute Gasteiger partial charge is 2.00 e. The molecular weight excluding hydrogens is 216 g/mol. The van der Waals surface area contributed by atoms with E-state index < -0.39 is 11.9 Å². The first-order valence-corrected chi connectivity index (χ1v) is 3.14. The van der Waals surface area contributed by atoms with Gasteiger partial charge in [0.2, 0.25) is 0 Å². The maximum absolute atomic E-state index is 10.3. The molecule has 1 aromatic carbocycles. The monoisotopic (exact) mass is 222 g/mol. The van der Waals surface area contributed by atoms with E-state index in [1.165, 1.54) is 12.1 Å². The molecule has 6 heteroatoms. The minimum absolute atomic E-state index is 0. The first-order valence-electron chi connectivity index (χ1n) is 3.14. The SMILES string of the molecule is O.O=C([O-])c1ccccc1C(=O)[O-].[Ca+2]. The van der Waals surface area contributed by atoms with E-state index in [-0.39, 0.29) is 54.3 Å². The van der Waals surface area contributed by atoms with Crippen molar-refractivity contribution in [1.29, 1.82) is 0 Å². The average Bonchev–Trinajstić information content (AvgIpc) is 2.04. The molecule has 0 spiro atoms. The van der Waals surface area contributed by atoms with Crippen LogP contribution in [-0.4, -0.2) is 55.2 Å². The zero-order valence-corrected chi connectivity index (χ0v) is 9.36. The number of rotatable bonds is 2. The number of carbonyl (C=O) groups is 2. The molecule has 0 aliphatic carbocycles. The Morgan fingerprint density at radius 2 is 1.21 bits per heavy atom. The Bertz CT molecular complexity index is 303. The van der Waals surface area contributed by atoms with Crippen LogP contribution in [0.25, 0.3) is 0 Å². The van der Waals surface area contributed by atoms with Crippen LogP contribution in [0.2, 0.25) is 0 Å².